The van der Waals surface area contributed by atoms with Crippen molar-refractivity contribution in [1.29, 1.82) is 0 Å². The number of phenolic OH excluding ortho intramolecular Hbond substituents is 1. The van der Waals surface area contributed by atoms with Gasteiger partial charge in [0.25, 0.3) is 10.0 Å². The van der Waals surface area contributed by atoms with E-state index >= 15 is 0 Å². The molecule has 1 amide bonds. The van der Waals surface area contributed by atoms with Crippen molar-refractivity contribution in [1.82, 2.24) is 5.32 Å². The second-order valence-corrected chi connectivity index (χ2v) is 9.81. The molecule has 2 rings (SSSR count). The molecule has 1 atom stereocenters. The van der Waals surface area contributed by atoms with Gasteiger partial charge < -0.3 is 20.6 Å². The van der Waals surface area contributed by atoms with E-state index in [9.17, 15) is 23.4 Å². The topological polar surface area (TPSA) is 127 Å². The Kier molecular flexibility index (Phi) is 8.29. The summed E-state index contributed by atoms with van der Waals surface area (Å²) in [5, 5.41) is 31.0. The molecule has 0 aliphatic heterocycles. The molecule has 9 heteroatoms. The lowest BCUT2D eigenvalue weighted by Gasteiger charge is -2.27. The zero-order chi connectivity index (χ0) is 23.2. The minimum Gasteiger partial charge on any atom is -0.506 e. The number of nitrogens with zero attached hydrogens (tertiary/aromatic N) is 1. The molecule has 0 saturated carbocycles. The van der Waals surface area contributed by atoms with E-state index in [1.54, 1.807) is 31.2 Å². The van der Waals surface area contributed by atoms with Crippen molar-refractivity contribution in [3.63, 3.8) is 0 Å². The summed E-state index contributed by atoms with van der Waals surface area (Å²) in [6.07, 6.45) is -0.0299. The van der Waals surface area contributed by atoms with Crippen molar-refractivity contribution >= 4 is 21.8 Å². The van der Waals surface area contributed by atoms with Gasteiger partial charge in [-0.1, -0.05) is 32.0 Å². The van der Waals surface area contributed by atoms with Crippen LogP contribution in [-0.2, 0) is 23.1 Å². The van der Waals surface area contributed by atoms with Gasteiger partial charge in [0.2, 0.25) is 0 Å². The van der Waals surface area contributed by atoms with E-state index in [1.807, 2.05) is 13.8 Å². The van der Waals surface area contributed by atoms with Crippen molar-refractivity contribution in [2.75, 3.05) is 10.8 Å². The summed E-state index contributed by atoms with van der Waals surface area (Å²) in [6.45, 7) is 5.52. The van der Waals surface area contributed by atoms with Gasteiger partial charge in [-0.2, -0.15) is 0 Å². The first kappa shape index (κ1) is 24.5. The third-order valence-electron chi connectivity index (χ3n) is 4.77. The Hall–Kier alpha value is -2.78. The summed E-state index contributed by atoms with van der Waals surface area (Å²) < 4.78 is 27.8. The van der Waals surface area contributed by atoms with Gasteiger partial charge in [0.1, 0.15) is 5.75 Å². The minimum absolute atomic E-state index is 0.00788. The lowest BCUT2D eigenvalue weighted by Crippen LogP contribution is -2.34. The van der Waals surface area contributed by atoms with E-state index in [2.05, 4.69) is 5.32 Å². The predicted octanol–water partition coefficient (Wildman–Crippen LogP) is 3.32. The molecule has 0 aliphatic rings. The first-order valence-corrected chi connectivity index (χ1v) is 11.5. The number of sulfonamides is 1. The monoisotopic (exact) mass is 450 g/mol. The summed E-state index contributed by atoms with van der Waals surface area (Å²) in [6, 6.07) is 10.6. The van der Waals surface area contributed by atoms with Crippen LogP contribution in [-0.4, -0.2) is 42.4 Å². The highest BCUT2D eigenvalue weighted by Crippen LogP contribution is 2.33. The van der Waals surface area contributed by atoms with Gasteiger partial charge in [-0.15, -0.1) is 0 Å². The molecule has 0 spiro atoms. The second-order valence-electron chi connectivity index (χ2n) is 7.94. The summed E-state index contributed by atoms with van der Waals surface area (Å²) in [5.41, 5.74) is 1.56. The van der Waals surface area contributed by atoms with E-state index in [0.29, 0.717) is 18.4 Å². The average molecular weight is 451 g/mol. The standard InChI is InChI=1S/C22H30N2O6S/c1-15(2)13-24(31(29,30)19-9-6-18(14-25)7-10-19)20-11-8-17(12-21(20)26)5-4-16(3)23-22(27)28/h6-12,15-16,23,25-26H,4-5,13-14H2,1-3H3,(H,27,28). The molecule has 0 fully saturated rings. The molecule has 8 nitrogen and oxygen atoms in total. The zero-order valence-corrected chi connectivity index (χ0v) is 18.8. The van der Waals surface area contributed by atoms with Crippen LogP contribution in [0.5, 0.6) is 5.75 Å². The van der Waals surface area contributed by atoms with Crippen LogP contribution >= 0.6 is 0 Å². The number of rotatable bonds is 10. The molecule has 4 N–H and O–H groups in total. The summed E-state index contributed by atoms with van der Waals surface area (Å²) >= 11 is 0. The third kappa shape index (κ3) is 6.60. The predicted molar refractivity (Wildman–Crippen MR) is 119 cm³/mol. The van der Waals surface area contributed by atoms with Gasteiger partial charge in [-0.25, -0.2) is 13.2 Å². The highest BCUT2D eigenvalue weighted by atomic mass is 32.2. The van der Waals surface area contributed by atoms with Gasteiger partial charge in [0.15, 0.2) is 0 Å². The first-order valence-electron chi connectivity index (χ1n) is 10.1. The smallest absolute Gasteiger partial charge is 0.404 e. The van der Waals surface area contributed by atoms with Gasteiger partial charge in [0.05, 0.1) is 17.2 Å². The number of carbonyl (C=O) groups is 1. The quantitative estimate of drug-likeness (QED) is 0.440. The van der Waals surface area contributed by atoms with Crippen molar-refractivity contribution < 1.29 is 28.5 Å². The highest BCUT2D eigenvalue weighted by molar-refractivity contribution is 7.92. The number of carboxylic acid groups (broad SMARTS) is 1. The molecule has 0 aliphatic carbocycles. The number of phenols is 1. The lowest BCUT2D eigenvalue weighted by molar-refractivity contribution is 0.190. The lowest BCUT2D eigenvalue weighted by atomic mass is 10.1. The summed E-state index contributed by atoms with van der Waals surface area (Å²) in [5.74, 6) is -0.152. The van der Waals surface area contributed by atoms with Crippen molar-refractivity contribution in [3.05, 3.63) is 53.6 Å². The zero-order valence-electron chi connectivity index (χ0n) is 17.9. The number of nitrogens with one attached hydrogen (secondary N) is 1. The molecule has 0 bridgehead atoms. The summed E-state index contributed by atoms with van der Waals surface area (Å²) in [7, 11) is -3.93. The number of anilines is 1. The molecule has 0 aromatic heterocycles. The molecule has 2 aromatic rings. The maximum Gasteiger partial charge on any atom is 0.404 e. The SMILES string of the molecule is CC(C)CN(c1ccc(CCC(C)NC(=O)O)cc1O)S(=O)(=O)c1ccc(CO)cc1. The Bertz CT molecular complexity index is 990. The Labute approximate surface area is 183 Å². The number of aliphatic hydroxyl groups excluding tert-OH is 1. The fraction of sp³-hybridized carbons (Fsp3) is 0.409. The van der Waals surface area contributed by atoms with Crippen LogP contribution in [0.3, 0.4) is 0 Å². The van der Waals surface area contributed by atoms with Crippen LogP contribution < -0.4 is 9.62 Å². The highest BCUT2D eigenvalue weighted by Gasteiger charge is 2.28. The third-order valence-corrected chi connectivity index (χ3v) is 6.56. The minimum atomic E-state index is -3.93. The molecular formula is C22H30N2O6S. The number of aryl methyl sites for hydroxylation is 1. The van der Waals surface area contributed by atoms with Gasteiger partial charge in [-0.3, -0.25) is 4.31 Å². The van der Waals surface area contributed by atoms with E-state index in [1.165, 1.54) is 22.5 Å². The second kappa shape index (κ2) is 10.5. The van der Waals surface area contributed by atoms with Crippen molar-refractivity contribution in [2.45, 2.75) is 51.2 Å². The maximum absolute atomic E-state index is 13.3. The van der Waals surface area contributed by atoms with E-state index in [4.69, 9.17) is 5.11 Å². The van der Waals surface area contributed by atoms with E-state index < -0.39 is 16.1 Å². The fourth-order valence-corrected chi connectivity index (χ4v) is 4.80. The molecule has 1 unspecified atom stereocenters. The van der Waals surface area contributed by atoms with Crippen LogP contribution in [0.4, 0.5) is 10.5 Å². The van der Waals surface area contributed by atoms with Gasteiger partial charge in [-0.05, 0) is 61.1 Å². The largest absolute Gasteiger partial charge is 0.506 e. The van der Waals surface area contributed by atoms with Gasteiger partial charge in [0, 0.05) is 12.6 Å². The van der Waals surface area contributed by atoms with Crippen LogP contribution in [0.15, 0.2) is 47.4 Å². The normalized spacial score (nSPS) is 12.5. The molecule has 0 radical (unpaired) electrons. The van der Waals surface area contributed by atoms with Crippen molar-refractivity contribution in [3.8, 4) is 5.75 Å². The van der Waals surface area contributed by atoms with E-state index in [0.717, 1.165) is 5.56 Å². The Morgan fingerprint density at radius 3 is 2.19 bits per heavy atom. The Balaban J connectivity index is 2.32. The fourth-order valence-electron chi connectivity index (χ4n) is 3.15. The van der Waals surface area contributed by atoms with Crippen LogP contribution in [0.1, 0.15) is 38.3 Å². The molecule has 170 valence electrons. The number of benzene rings is 2. The molecule has 0 saturated heterocycles. The number of hydrogen-bond donors (Lipinski definition) is 4. The van der Waals surface area contributed by atoms with Crippen LogP contribution in [0, 0.1) is 5.92 Å². The van der Waals surface area contributed by atoms with Crippen molar-refractivity contribution in [2.24, 2.45) is 5.92 Å². The average Bonchev–Trinajstić information content (AvgIpc) is 2.70. The maximum atomic E-state index is 13.3. The van der Waals surface area contributed by atoms with Gasteiger partial charge >= 0.3 is 6.09 Å². The van der Waals surface area contributed by atoms with Crippen LogP contribution in [0.25, 0.3) is 0 Å². The number of aromatic hydroxyl groups is 1. The molecule has 2 aromatic carbocycles. The number of aliphatic hydroxyl groups is 1. The Morgan fingerprint density at radius 1 is 1.06 bits per heavy atom. The molecule has 0 heterocycles. The molecular weight excluding hydrogens is 420 g/mol. The number of amides is 1. The van der Waals surface area contributed by atoms with E-state index in [-0.39, 0.29) is 41.4 Å². The first-order chi connectivity index (χ1) is 14.5. The molecule has 31 heavy (non-hydrogen) atoms. The number of hydrogen-bond acceptors (Lipinski definition) is 5. The van der Waals surface area contributed by atoms with Crippen LogP contribution in [0.2, 0.25) is 0 Å². The Morgan fingerprint density at radius 2 is 1.68 bits per heavy atom. The summed E-state index contributed by atoms with van der Waals surface area (Å²) in [4.78, 5) is 10.8.